The van der Waals surface area contributed by atoms with Crippen molar-refractivity contribution in [3.8, 4) is 0 Å². The third-order valence-corrected chi connectivity index (χ3v) is 6.12. The number of hydrogen-bond acceptors (Lipinski definition) is 4. The first-order valence-electron chi connectivity index (χ1n) is 10.5. The summed E-state index contributed by atoms with van der Waals surface area (Å²) in [5, 5.41) is 5.81. The standard InChI is InChI=1S/C23H27N5O/c1-17-22-20(19-7-8-19)9-10-24-23(22)28(25-17)16-21(29)27-13-11-26(12-14-27)15-18-5-3-2-4-6-18/h2-6,9-10,19H,7-8,11-16H2,1H3. The van der Waals surface area contributed by atoms with Crippen LogP contribution in [0.2, 0.25) is 0 Å². The Morgan fingerprint density at radius 3 is 2.55 bits per heavy atom. The second kappa shape index (κ2) is 7.59. The van der Waals surface area contributed by atoms with E-state index in [9.17, 15) is 4.79 Å². The molecule has 1 aliphatic carbocycles. The van der Waals surface area contributed by atoms with Gasteiger partial charge in [0.1, 0.15) is 6.54 Å². The lowest BCUT2D eigenvalue weighted by Gasteiger charge is -2.34. The van der Waals surface area contributed by atoms with E-state index >= 15 is 0 Å². The van der Waals surface area contributed by atoms with Gasteiger partial charge in [0.05, 0.1) is 5.69 Å². The van der Waals surface area contributed by atoms with Crippen molar-refractivity contribution in [3.05, 3.63) is 59.4 Å². The van der Waals surface area contributed by atoms with Crippen molar-refractivity contribution >= 4 is 16.9 Å². The van der Waals surface area contributed by atoms with Gasteiger partial charge in [-0.3, -0.25) is 9.69 Å². The molecule has 2 fully saturated rings. The quantitative estimate of drug-likeness (QED) is 0.673. The van der Waals surface area contributed by atoms with Crippen LogP contribution in [0.15, 0.2) is 42.6 Å². The van der Waals surface area contributed by atoms with Crippen LogP contribution in [0.3, 0.4) is 0 Å². The van der Waals surface area contributed by atoms with Gasteiger partial charge in [-0.05, 0) is 42.9 Å². The number of carbonyl (C=O) groups is 1. The number of pyridine rings is 1. The molecule has 0 spiro atoms. The van der Waals surface area contributed by atoms with Crippen molar-refractivity contribution in [2.45, 2.75) is 38.8 Å². The molecule has 5 rings (SSSR count). The highest BCUT2D eigenvalue weighted by atomic mass is 16.2. The van der Waals surface area contributed by atoms with Crippen LogP contribution in [0.5, 0.6) is 0 Å². The number of piperazine rings is 1. The molecular weight excluding hydrogens is 362 g/mol. The number of benzene rings is 1. The summed E-state index contributed by atoms with van der Waals surface area (Å²) >= 11 is 0. The minimum Gasteiger partial charge on any atom is -0.339 e. The molecule has 2 aliphatic rings. The molecule has 1 aromatic carbocycles. The summed E-state index contributed by atoms with van der Waals surface area (Å²) < 4.78 is 1.80. The number of aromatic nitrogens is 3. The zero-order chi connectivity index (χ0) is 19.8. The van der Waals surface area contributed by atoms with Crippen LogP contribution in [0.1, 0.15) is 35.6 Å². The van der Waals surface area contributed by atoms with Crippen molar-refractivity contribution in [1.29, 1.82) is 0 Å². The van der Waals surface area contributed by atoms with Gasteiger partial charge in [-0.15, -0.1) is 0 Å². The Morgan fingerprint density at radius 1 is 1.07 bits per heavy atom. The molecule has 3 heterocycles. The number of amides is 1. The highest BCUT2D eigenvalue weighted by Crippen LogP contribution is 2.43. The van der Waals surface area contributed by atoms with Gasteiger partial charge in [-0.1, -0.05) is 30.3 Å². The van der Waals surface area contributed by atoms with Crippen LogP contribution in [0.4, 0.5) is 0 Å². The average molecular weight is 390 g/mol. The van der Waals surface area contributed by atoms with Crippen LogP contribution in [-0.2, 0) is 17.9 Å². The maximum absolute atomic E-state index is 12.9. The Balaban J connectivity index is 1.24. The summed E-state index contributed by atoms with van der Waals surface area (Å²) in [6.07, 6.45) is 4.35. The minimum absolute atomic E-state index is 0.132. The molecule has 1 saturated carbocycles. The van der Waals surface area contributed by atoms with Crippen molar-refractivity contribution < 1.29 is 4.79 Å². The Kier molecular flexibility index (Phi) is 4.79. The van der Waals surface area contributed by atoms with E-state index in [4.69, 9.17) is 0 Å². The zero-order valence-corrected chi connectivity index (χ0v) is 16.9. The van der Waals surface area contributed by atoms with E-state index in [1.807, 2.05) is 24.1 Å². The van der Waals surface area contributed by atoms with Crippen LogP contribution in [-0.4, -0.2) is 56.7 Å². The smallest absolute Gasteiger partial charge is 0.244 e. The first kappa shape index (κ1) is 18.3. The second-order valence-corrected chi connectivity index (χ2v) is 8.26. The normalized spacial score (nSPS) is 17.8. The molecule has 2 aromatic heterocycles. The maximum Gasteiger partial charge on any atom is 0.244 e. The Labute approximate surface area is 171 Å². The third kappa shape index (κ3) is 3.77. The summed E-state index contributed by atoms with van der Waals surface area (Å²) in [5.74, 6) is 0.776. The van der Waals surface area contributed by atoms with Crippen LogP contribution >= 0.6 is 0 Å². The monoisotopic (exact) mass is 389 g/mol. The van der Waals surface area contributed by atoms with Gasteiger partial charge in [0.25, 0.3) is 0 Å². The molecule has 0 N–H and O–H groups in total. The molecular formula is C23H27N5O. The summed E-state index contributed by atoms with van der Waals surface area (Å²) in [7, 11) is 0. The summed E-state index contributed by atoms with van der Waals surface area (Å²) in [5.41, 5.74) is 4.50. The lowest BCUT2D eigenvalue weighted by atomic mass is 10.1. The fourth-order valence-electron chi connectivity index (χ4n) is 4.38. The predicted molar refractivity (Wildman–Crippen MR) is 113 cm³/mol. The molecule has 6 heteroatoms. The fourth-order valence-corrected chi connectivity index (χ4v) is 4.38. The maximum atomic E-state index is 12.9. The number of aryl methyl sites for hydroxylation is 1. The fraction of sp³-hybridized carbons (Fsp3) is 0.435. The van der Waals surface area contributed by atoms with Crippen LogP contribution in [0, 0.1) is 6.92 Å². The van der Waals surface area contributed by atoms with Gasteiger partial charge >= 0.3 is 0 Å². The van der Waals surface area contributed by atoms with Gasteiger partial charge < -0.3 is 4.90 Å². The lowest BCUT2D eigenvalue weighted by molar-refractivity contribution is -0.133. The summed E-state index contributed by atoms with van der Waals surface area (Å²) in [6.45, 7) is 6.59. The first-order valence-corrected chi connectivity index (χ1v) is 10.5. The van der Waals surface area contributed by atoms with Gasteiger partial charge in [-0.2, -0.15) is 5.10 Å². The number of nitrogens with zero attached hydrogens (tertiary/aromatic N) is 5. The van der Waals surface area contributed by atoms with E-state index in [1.165, 1.54) is 24.0 Å². The predicted octanol–water partition coefficient (Wildman–Crippen LogP) is 2.96. The molecule has 29 heavy (non-hydrogen) atoms. The van der Waals surface area contributed by atoms with Crippen LogP contribution in [0.25, 0.3) is 11.0 Å². The van der Waals surface area contributed by atoms with Gasteiger partial charge in [0.2, 0.25) is 5.91 Å². The average Bonchev–Trinajstić information content (AvgIpc) is 3.54. The molecule has 0 bridgehead atoms. The van der Waals surface area contributed by atoms with E-state index in [-0.39, 0.29) is 12.5 Å². The Morgan fingerprint density at radius 2 is 1.83 bits per heavy atom. The van der Waals surface area contributed by atoms with Crippen LogP contribution < -0.4 is 0 Å². The molecule has 1 amide bonds. The number of hydrogen-bond donors (Lipinski definition) is 0. The SMILES string of the molecule is Cc1nn(CC(=O)N2CCN(Cc3ccccc3)CC2)c2nccc(C3CC3)c12. The summed E-state index contributed by atoms with van der Waals surface area (Å²) in [6, 6.07) is 12.6. The van der Waals surface area contributed by atoms with E-state index in [1.54, 1.807) is 4.68 Å². The molecule has 1 saturated heterocycles. The van der Waals surface area contributed by atoms with E-state index in [0.29, 0.717) is 5.92 Å². The van der Waals surface area contributed by atoms with Gasteiger partial charge in [-0.25, -0.2) is 9.67 Å². The molecule has 1 aliphatic heterocycles. The zero-order valence-electron chi connectivity index (χ0n) is 16.9. The highest BCUT2D eigenvalue weighted by Gasteiger charge is 2.28. The Hall–Kier alpha value is -2.73. The Bertz CT molecular complexity index is 1020. The van der Waals surface area contributed by atoms with Crippen molar-refractivity contribution in [1.82, 2.24) is 24.6 Å². The van der Waals surface area contributed by atoms with Gasteiger partial charge in [0, 0.05) is 44.3 Å². The molecule has 150 valence electrons. The largest absolute Gasteiger partial charge is 0.339 e. The summed E-state index contributed by atoms with van der Waals surface area (Å²) in [4.78, 5) is 21.9. The van der Waals surface area contributed by atoms with Gasteiger partial charge in [0.15, 0.2) is 5.65 Å². The molecule has 0 unspecified atom stereocenters. The number of rotatable bonds is 5. The van der Waals surface area contributed by atoms with E-state index in [0.717, 1.165) is 49.5 Å². The van der Waals surface area contributed by atoms with Crippen molar-refractivity contribution in [2.75, 3.05) is 26.2 Å². The first-order chi connectivity index (χ1) is 14.2. The van der Waals surface area contributed by atoms with Crippen molar-refractivity contribution in [2.24, 2.45) is 0 Å². The van der Waals surface area contributed by atoms with E-state index in [2.05, 4.69) is 45.3 Å². The number of carbonyl (C=O) groups excluding carboxylic acids is 1. The molecule has 0 radical (unpaired) electrons. The minimum atomic E-state index is 0.132. The van der Waals surface area contributed by atoms with Crippen molar-refractivity contribution in [3.63, 3.8) is 0 Å². The second-order valence-electron chi connectivity index (χ2n) is 8.26. The topological polar surface area (TPSA) is 54.3 Å². The number of fused-ring (bicyclic) bond motifs is 1. The molecule has 3 aromatic rings. The molecule has 6 nitrogen and oxygen atoms in total. The third-order valence-electron chi connectivity index (χ3n) is 6.12. The molecule has 0 atom stereocenters. The van der Waals surface area contributed by atoms with E-state index < -0.39 is 0 Å². The highest BCUT2D eigenvalue weighted by molar-refractivity contribution is 5.85. The lowest BCUT2D eigenvalue weighted by Crippen LogP contribution is -2.49.